The normalized spacial score (nSPS) is 21.5. The highest BCUT2D eigenvalue weighted by Crippen LogP contribution is 2.40. The number of hydrogen-bond acceptors (Lipinski definition) is 4. The number of rotatable bonds is 5. The number of benzene rings is 1. The van der Waals surface area contributed by atoms with E-state index in [1.54, 1.807) is 4.90 Å². The van der Waals surface area contributed by atoms with E-state index in [4.69, 9.17) is 9.47 Å². The summed E-state index contributed by atoms with van der Waals surface area (Å²) in [4.78, 5) is 27.4. The van der Waals surface area contributed by atoms with E-state index < -0.39 is 5.41 Å². The molecule has 3 rings (SSSR count). The molecule has 0 radical (unpaired) electrons. The lowest BCUT2D eigenvalue weighted by atomic mass is 9.73. The quantitative estimate of drug-likeness (QED) is 0.740. The second kappa shape index (κ2) is 9.61. The average molecular weight is 403 g/mol. The second-order valence-corrected chi connectivity index (χ2v) is 8.41. The van der Waals surface area contributed by atoms with Crippen LogP contribution < -0.4 is 5.32 Å². The van der Waals surface area contributed by atoms with Crippen LogP contribution in [0.3, 0.4) is 0 Å². The number of likely N-dealkylation sites (tertiary alicyclic amines) is 1. The van der Waals surface area contributed by atoms with Gasteiger partial charge in [-0.2, -0.15) is 0 Å². The Morgan fingerprint density at radius 2 is 1.97 bits per heavy atom. The molecule has 29 heavy (non-hydrogen) atoms. The molecular weight excluding hydrogens is 368 g/mol. The van der Waals surface area contributed by atoms with Crippen molar-refractivity contribution in [1.29, 1.82) is 0 Å². The molecule has 160 valence electrons. The number of carbonyl (C=O) groups is 2. The fourth-order valence-electron chi connectivity index (χ4n) is 4.34. The third kappa shape index (κ3) is 5.30. The van der Waals surface area contributed by atoms with Crippen LogP contribution in [-0.2, 0) is 14.3 Å². The van der Waals surface area contributed by atoms with Crippen LogP contribution in [0.15, 0.2) is 18.2 Å². The van der Waals surface area contributed by atoms with E-state index >= 15 is 0 Å². The molecule has 2 saturated heterocycles. The van der Waals surface area contributed by atoms with Crippen molar-refractivity contribution in [1.82, 2.24) is 4.90 Å². The van der Waals surface area contributed by atoms with Gasteiger partial charge in [0.1, 0.15) is 0 Å². The standard InChI is InChI=1S/C23H34N2O4/c1-4-28-21(26)23(16-20-7-5-6-14-29-20)10-12-25(13-11-23)22(27)24-19-9-8-17(2)18(3)15-19/h8-9,15,20H,4-7,10-14,16H2,1-3H3,(H,24,27)/t20-/m1/s1. The topological polar surface area (TPSA) is 67.9 Å². The minimum Gasteiger partial charge on any atom is -0.466 e. The molecule has 0 spiro atoms. The van der Waals surface area contributed by atoms with Crippen molar-refractivity contribution in [2.24, 2.45) is 5.41 Å². The van der Waals surface area contributed by atoms with Gasteiger partial charge in [0.15, 0.2) is 0 Å². The van der Waals surface area contributed by atoms with E-state index in [-0.39, 0.29) is 18.1 Å². The molecule has 2 fully saturated rings. The first-order chi connectivity index (χ1) is 13.9. The molecule has 0 aliphatic carbocycles. The van der Waals surface area contributed by atoms with E-state index in [1.807, 2.05) is 32.0 Å². The number of amides is 2. The minimum absolute atomic E-state index is 0.111. The number of esters is 1. The van der Waals surface area contributed by atoms with Crippen LogP contribution in [0.4, 0.5) is 10.5 Å². The van der Waals surface area contributed by atoms with Crippen LogP contribution in [0, 0.1) is 19.3 Å². The molecule has 0 bridgehead atoms. The number of piperidine rings is 1. The van der Waals surface area contributed by atoms with E-state index in [2.05, 4.69) is 12.2 Å². The zero-order valence-corrected chi connectivity index (χ0v) is 18.0. The molecule has 0 aromatic heterocycles. The Kier molecular flexibility index (Phi) is 7.17. The van der Waals surface area contributed by atoms with Crippen LogP contribution in [0.2, 0.25) is 0 Å². The van der Waals surface area contributed by atoms with Gasteiger partial charge in [-0.15, -0.1) is 0 Å². The van der Waals surface area contributed by atoms with Crippen LogP contribution in [0.5, 0.6) is 0 Å². The van der Waals surface area contributed by atoms with Gasteiger partial charge in [-0.1, -0.05) is 6.07 Å². The van der Waals surface area contributed by atoms with Crippen molar-refractivity contribution < 1.29 is 19.1 Å². The van der Waals surface area contributed by atoms with Gasteiger partial charge in [0.2, 0.25) is 0 Å². The zero-order chi connectivity index (χ0) is 20.9. The van der Waals surface area contributed by atoms with Crippen molar-refractivity contribution in [2.75, 3.05) is 31.6 Å². The third-order valence-electron chi connectivity index (χ3n) is 6.37. The Balaban J connectivity index is 1.62. The first-order valence-electron chi connectivity index (χ1n) is 10.9. The van der Waals surface area contributed by atoms with E-state index in [9.17, 15) is 9.59 Å². The Labute approximate surface area is 173 Å². The van der Waals surface area contributed by atoms with E-state index in [1.165, 1.54) is 5.56 Å². The molecule has 2 amide bonds. The third-order valence-corrected chi connectivity index (χ3v) is 6.37. The van der Waals surface area contributed by atoms with Crippen LogP contribution in [0.25, 0.3) is 0 Å². The van der Waals surface area contributed by atoms with Gasteiger partial charge in [0.25, 0.3) is 0 Å². The van der Waals surface area contributed by atoms with Gasteiger partial charge in [0, 0.05) is 25.4 Å². The van der Waals surface area contributed by atoms with Gasteiger partial charge in [-0.3, -0.25) is 4.79 Å². The van der Waals surface area contributed by atoms with E-state index in [0.29, 0.717) is 39.0 Å². The van der Waals surface area contributed by atoms with Gasteiger partial charge in [-0.25, -0.2) is 4.79 Å². The molecule has 6 nitrogen and oxygen atoms in total. The number of anilines is 1. The summed E-state index contributed by atoms with van der Waals surface area (Å²) in [6, 6.07) is 5.81. The fraction of sp³-hybridized carbons (Fsp3) is 0.652. The predicted molar refractivity (Wildman–Crippen MR) is 113 cm³/mol. The van der Waals surface area contributed by atoms with Crippen molar-refractivity contribution in [3.8, 4) is 0 Å². The number of hydrogen-bond donors (Lipinski definition) is 1. The summed E-state index contributed by atoms with van der Waals surface area (Å²) in [5.74, 6) is -0.136. The molecule has 0 unspecified atom stereocenters. The van der Waals surface area contributed by atoms with Crippen LogP contribution >= 0.6 is 0 Å². The second-order valence-electron chi connectivity index (χ2n) is 8.41. The maximum Gasteiger partial charge on any atom is 0.321 e. The van der Waals surface area contributed by atoms with Gasteiger partial charge < -0.3 is 19.7 Å². The Morgan fingerprint density at radius 1 is 1.21 bits per heavy atom. The minimum atomic E-state index is -0.546. The molecule has 1 aromatic rings. The summed E-state index contributed by atoms with van der Waals surface area (Å²) < 4.78 is 11.3. The predicted octanol–water partition coefficient (Wildman–Crippen LogP) is 4.44. The summed E-state index contributed by atoms with van der Waals surface area (Å²) in [7, 11) is 0. The molecule has 1 aromatic carbocycles. The molecule has 2 aliphatic heterocycles. The van der Waals surface area contributed by atoms with Crippen molar-refractivity contribution in [3.05, 3.63) is 29.3 Å². The summed E-state index contributed by atoms with van der Waals surface area (Å²) in [5.41, 5.74) is 2.60. The largest absolute Gasteiger partial charge is 0.466 e. The van der Waals surface area contributed by atoms with Gasteiger partial charge in [-0.05, 0) is 82.6 Å². The lowest BCUT2D eigenvalue weighted by molar-refractivity contribution is -0.162. The molecule has 1 atom stereocenters. The van der Waals surface area contributed by atoms with Crippen molar-refractivity contribution in [3.63, 3.8) is 0 Å². The van der Waals surface area contributed by atoms with Crippen molar-refractivity contribution in [2.45, 2.75) is 65.4 Å². The Bertz CT molecular complexity index is 720. The Morgan fingerprint density at radius 3 is 2.59 bits per heavy atom. The lowest BCUT2D eigenvalue weighted by Gasteiger charge is -2.42. The number of aryl methyl sites for hydroxylation is 2. The summed E-state index contributed by atoms with van der Waals surface area (Å²) in [6.07, 6.45) is 5.28. The molecular formula is C23H34N2O4. The maximum atomic E-state index is 12.8. The highest BCUT2D eigenvalue weighted by molar-refractivity contribution is 5.89. The van der Waals surface area contributed by atoms with E-state index in [0.717, 1.165) is 37.1 Å². The van der Waals surface area contributed by atoms with Crippen LogP contribution in [0.1, 0.15) is 56.6 Å². The monoisotopic (exact) mass is 402 g/mol. The molecule has 2 aliphatic rings. The number of ether oxygens (including phenoxy) is 2. The lowest BCUT2D eigenvalue weighted by Crippen LogP contribution is -2.49. The number of carbonyl (C=O) groups excluding carboxylic acids is 2. The van der Waals surface area contributed by atoms with Gasteiger partial charge >= 0.3 is 12.0 Å². The average Bonchev–Trinajstić information content (AvgIpc) is 2.72. The summed E-state index contributed by atoms with van der Waals surface area (Å²) >= 11 is 0. The summed E-state index contributed by atoms with van der Waals surface area (Å²) in [5, 5.41) is 2.99. The summed E-state index contributed by atoms with van der Waals surface area (Å²) in [6.45, 7) is 8.17. The maximum absolute atomic E-state index is 12.8. The first-order valence-corrected chi connectivity index (χ1v) is 10.9. The molecule has 2 heterocycles. The molecule has 1 N–H and O–H groups in total. The first kappa shape index (κ1) is 21.6. The fourth-order valence-corrected chi connectivity index (χ4v) is 4.34. The van der Waals surface area contributed by atoms with Crippen molar-refractivity contribution >= 4 is 17.7 Å². The zero-order valence-electron chi connectivity index (χ0n) is 18.0. The molecule has 0 saturated carbocycles. The van der Waals surface area contributed by atoms with Crippen LogP contribution in [-0.4, -0.2) is 49.3 Å². The Hall–Kier alpha value is -2.08. The molecule has 6 heteroatoms. The number of nitrogens with zero attached hydrogens (tertiary/aromatic N) is 1. The smallest absolute Gasteiger partial charge is 0.321 e. The van der Waals surface area contributed by atoms with Gasteiger partial charge in [0.05, 0.1) is 18.1 Å². The highest BCUT2D eigenvalue weighted by Gasteiger charge is 2.45. The SMILES string of the molecule is CCOC(=O)C1(C[C@H]2CCCCO2)CCN(C(=O)Nc2ccc(C)c(C)c2)CC1. The highest BCUT2D eigenvalue weighted by atomic mass is 16.5. The number of nitrogens with one attached hydrogen (secondary N) is 1. The number of urea groups is 1.